The van der Waals surface area contributed by atoms with Crippen molar-refractivity contribution in [3.63, 3.8) is 0 Å². The fraction of sp³-hybridized carbons (Fsp3) is 0.500. The molecule has 1 heterocycles. The monoisotopic (exact) mass is 322 g/mol. The summed E-state index contributed by atoms with van der Waals surface area (Å²) in [5, 5.41) is 3.51. The van der Waals surface area contributed by atoms with Gasteiger partial charge < -0.3 is 10.2 Å². The zero-order valence-corrected chi connectivity index (χ0v) is 13.6. The predicted molar refractivity (Wildman–Crippen MR) is 86.8 cm³/mol. The molecule has 1 aromatic carbocycles. The number of hydrogen-bond donors (Lipinski definition) is 1. The second-order valence-electron chi connectivity index (χ2n) is 5.23. The van der Waals surface area contributed by atoms with Crippen molar-refractivity contribution in [1.29, 1.82) is 0 Å². The van der Waals surface area contributed by atoms with E-state index in [0.717, 1.165) is 24.1 Å². The van der Waals surface area contributed by atoms with Crippen molar-refractivity contribution in [2.24, 2.45) is 0 Å². The summed E-state index contributed by atoms with van der Waals surface area (Å²) >= 11 is 3.60. The van der Waals surface area contributed by atoms with Crippen molar-refractivity contribution in [1.82, 2.24) is 5.32 Å². The second kappa shape index (κ2) is 6.58. The highest BCUT2D eigenvalue weighted by atomic mass is 79.9. The number of benzene rings is 1. The van der Waals surface area contributed by atoms with Gasteiger partial charge in [0.25, 0.3) is 0 Å². The largest absolute Gasteiger partial charge is 0.367 e. The fourth-order valence-electron chi connectivity index (χ4n) is 2.56. The Kier molecular flexibility index (Phi) is 5.06. The van der Waals surface area contributed by atoms with E-state index in [1.165, 1.54) is 23.2 Å². The van der Waals surface area contributed by atoms with Gasteiger partial charge in [-0.3, -0.25) is 0 Å². The molecular formula is C16H23BrN2. The summed E-state index contributed by atoms with van der Waals surface area (Å²) in [6.45, 7) is 9.75. The molecule has 104 valence electrons. The molecule has 0 aromatic heterocycles. The third-order valence-corrected chi connectivity index (χ3v) is 4.24. The lowest BCUT2D eigenvalue weighted by Crippen LogP contribution is -2.30. The molecule has 0 fully saturated rings. The minimum Gasteiger partial charge on any atom is -0.367 e. The minimum atomic E-state index is 0.389. The number of rotatable bonds is 4. The van der Waals surface area contributed by atoms with Crippen molar-refractivity contribution in [2.75, 3.05) is 24.5 Å². The summed E-state index contributed by atoms with van der Waals surface area (Å²) in [6.07, 6.45) is 3.51. The summed E-state index contributed by atoms with van der Waals surface area (Å²) < 4.78 is 1.15. The maximum atomic E-state index is 3.60. The van der Waals surface area contributed by atoms with Gasteiger partial charge in [0.05, 0.1) is 0 Å². The van der Waals surface area contributed by atoms with E-state index in [1.54, 1.807) is 0 Å². The molecule has 0 saturated carbocycles. The van der Waals surface area contributed by atoms with Gasteiger partial charge in [0.15, 0.2) is 0 Å². The molecule has 0 radical (unpaired) electrons. The highest BCUT2D eigenvalue weighted by Crippen LogP contribution is 2.31. The molecule has 0 bridgehead atoms. The van der Waals surface area contributed by atoms with Gasteiger partial charge in [0, 0.05) is 29.3 Å². The molecule has 1 aliphatic heterocycles. The van der Waals surface area contributed by atoms with Crippen molar-refractivity contribution in [2.45, 2.75) is 33.2 Å². The third kappa shape index (κ3) is 3.61. The van der Waals surface area contributed by atoms with Crippen LogP contribution in [0.3, 0.4) is 0 Å². The van der Waals surface area contributed by atoms with Crippen LogP contribution in [0.4, 0.5) is 5.69 Å². The molecule has 0 saturated heterocycles. The van der Waals surface area contributed by atoms with Gasteiger partial charge in [0.2, 0.25) is 0 Å². The molecule has 19 heavy (non-hydrogen) atoms. The van der Waals surface area contributed by atoms with E-state index >= 15 is 0 Å². The molecular weight excluding hydrogens is 300 g/mol. The highest BCUT2D eigenvalue weighted by Gasteiger charge is 2.17. The lowest BCUT2D eigenvalue weighted by molar-refractivity contribution is 0.595. The zero-order valence-electron chi connectivity index (χ0n) is 12.0. The van der Waals surface area contributed by atoms with Crippen LogP contribution in [-0.2, 0) is 0 Å². The van der Waals surface area contributed by atoms with Crippen molar-refractivity contribution >= 4 is 21.6 Å². The molecule has 0 aliphatic carbocycles. The summed E-state index contributed by atoms with van der Waals surface area (Å²) in [7, 11) is 0. The molecule has 1 aliphatic rings. The third-order valence-electron chi connectivity index (χ3n) is 3.75. The topological polar surface area (TPSA) is 15.3 Å². The Labute approximate surface area is 125 Å². The Morgan fingerprint density at radius 3 is 2.84 bits per heavy atom. The van der Waals surface area contributed by atoms with Crippen LogP contribution in [-0.4, -0.2) is 19.6 Å². The minimum absolute atomic E-state index is 0.389. The average molecular weight is 323 g/mol. The number of anilines is 1. The zero-order chi connectivity index (χ0) is 13.8. The van der Waals surface area contributed by atoms with Crippen LogP contribution < -0.4 is 10.2 Å². The Morgan fingerprint density at radius 1 is 1.42 bits per heavy atom. The SMILES string of the molecule is CCNC(C)c1ccc(Br)cc1N1CC=C(C)CC1. The van der Waals surface area contributed by atoms with E-state index in [1.807, 2.05) is 0 Å². The van der Waals surface area contributed by atoms with Crippen LogP contribution in [0.2, 0.25) is 0 Å². The predicted octanol–water partition coefficient (Wildman–Crippen LogP) is 4.28. The maximum Gasteiger partial charge on any atom is 0.0428 e. The molecule has 1 N–H and O–H groups in total. The molecule has 2 nitrogen and oxygen atoms in total. The molecule has 1 unspecified atom stereocenters. The number of halogens is 1. The first-order chi connectivity index (χ1) is 9.11. The van der Waals surface area contributed by atoms with Crippen LogP contribution in [0.1, 0.15) is 38.8 Å². The van der Waals surface area contributed by atoms with Crippen LogP contribution in [0, 0.1) is 0 Å². The van der Waals surface area contributed by atoms with E-state index in [-0.39, 0.29) is 0 Å². The molecule has 0 spiro atoms. The quantitative estimate of drug-likeness (QED) is 0.832. The second-order valence-corrected chi connectivity index (χ2v) is 6.14. The van der Waals surface area contributed by atoms with Gasteiger partial charge >= 0.3 is 0 Å². The normalized spacial score (nSPS) is 17.3. The van der Waals surface area contributed by atoms with Crippen molar-refractivity contribution < 1.29 is 0 Å². The number of nitrogens with zero attached hydrogens (tertiary/aromatic N) is 1. The van der Waals surface area contributed by atoms with Crippen LogP contribution in [0.15, 0.2) is 34.3 Å². The van der Waals surface area contributed by atoms with Crippen LogP contribution in [0.25, 0.3) is 0 Å². The smallest absolute Gasteiger partial charge is 0.0428 e. The Bertz CT molecular complexity index is 468. The van der Waals surface area contributed by atoms with E-state index in [0.29, 0.717) is 6.04 Å². The molecule has 2 rings (SSSR count). The first kappa shape index (κ1) is 14.6. The number of nitrogens with one attached hydrogen (secondary N) is 1. The summed E-state index contributed by atoms with van der Waals surface area (Å²) in [4.78, 5) is 2.47. The van der Waals surface area contributed by atoms with Crippen molar-refractivity contribution in [3.05, 3.63) is 39.9 Å². The Hall–Kier alpha value is -0.800. The van der Waals surface area contributed by atoms with E-state index in [4.69, 9.17) is 0 Å². The van der Waals surface area contributed by atoms with Crippen LogP contribution in [0.5, 0.6) is 0 Å². The lowest BCUT2D eigenvalue weighted by atomic mass is 10.0. The van der Waals surface area contributed by atoms with E-state index in [9.17, 15) is 0 Å². The van der Waals surface area contributed by atoms with Gasteiger partial charge in [-0.25, -0.2) is 0 Å². The van der Waals surface area contributed by atoms with Gasteiger partial charge in [0.1, 0.15) is 0 Å². The van der Waals surface area contributed by atoms with Gasteiger partial charge in [-0.1, -0.05) is 40.6 Å². The first-order valence-corrected chi connectivity index (χ1v) is 7.84. The average Bonchev–Trinajstić information content (AvgIpc) is 2.39. The lowest BCUT2D eigenvalue weighted by Gasteiger charge is -2.31. The van der Waals surface area contributed by atoms with Gasteiger partial charge in [-0.15, -0.1) is 0 Å². The summed E-state index contributed by atoms with van der Waals surface area (Å²) in [6, 6.07) is 7.01. The molecule has 0 amide bonds. The summed E-state index contributed by atoms with van der Waals surface area (Å²) in [5.41, 5.74) is 4.25. The molecule has 1 aromatic rings. The van der Waals surface area contributed by atoms with Crippen LogP contribution >= 0.6 is 15.9 Å². The first-order valence-electron chi connectivity index (χ1n) is 7.05. The van der Waals surface area contributed by atoms with E-state index in [2.05, 4.69) is 71.2 Å². The van der Waals surface area contributed by atoms with Crippen molar-refractivity contribution in [3.8, 4) is 0 Å². The van der Waals surface area contributed by atoms with Gasteiger partial charge in [-0.05, 0) is 44.5 Å². The standard InChI is InChI=1S/C16H23BrN2/c1-4-18-13(3)15-6-5-14(17)11-16(15)19-9-7-12(2)8-10-19/h5-7,11,13,18H,4,8-10H2,1-3H3. The van der Waals surface area contributed by atoms with Gasteiger partial charge in [-0.2, -0.15) is 0 Å². The molecule has 3 heteroatoms. The Morgan fingerprint density at radius 2 is 2.21 bits per heavy atom. The van der Waals surface area contributed by atoms with E-state index < -0.39 is 0 Å². The summed E-state index contributed by atoms with van der Waals surface area (Å²) in [5.74, 6) is 0. The molecule has 1 atom stereocenters. The fourth-order valence-corrected chi connectivity index (χ4v) is 2.91. The number of hydrogen-bond acceptors (Lipinski definition) is 2. The Balaban J connectivity index is 2.29. The maximum absolute atomic E-state index is 3.60. The highest BCUT2D eigenvalue weighted by molar-refractivity contribution is 9.10.